The molecule has 2 heterocycles. The first-order valence-electron chi connectivity index (χ1n) is 6.01. The Morgan fingerprint density at radius 1 is 1.37 bits per heavy atom. The molecule has 0 aromatic carbocycles. The molecule has 0 bridgehead atoms. The Labute approximate surface area is 116 Å². The maximum Gasteiger partial charge on any atom is 0.273 e. The normalized spacial score (nSPS) is 20.7. The van der Waals surface area contributed by atoms with Crippen molar-refractivity contribution >= 4 is 23.3 Å². The van der Waals surface area contributed by atoms with E-state index in [2.05, 4.69) is 5.16 Å². The van der Waals surface area contributed by atoms with Gasteiger partial charge in [-0.3, -0.25) is 9.69 Å². The predicted octanol–water partition coefficient (Wildman–Crippen LogP) is 2.46. The topological polar surface area (TPSA) is 66.6 Å². The zero-order valence-electron chi connectivity index (χ0n) is 11.6. The van der Waals surface area contributed by atoms with Gasteiger partial charge in [-0.25, -0.2) is 0 Å². The lowest BCUT2D eigenvalue weighted by Gasteiger charge is -2.20. The molecule has 6 heteroatoms. The Hall–Kier alpha value is -1.33. The van der Waals surface area contributed by atoms with Crippen molar-refractivity contribution in [2.45, 2.75) is 46.3 Å². The van der Waals surface area contributed by atoms with Crippen molar-refractivity contribution in [3.05, 3.63) is 21.9 Å². The highest BCUT2D eigenvalue weighted by Gasteiger charge is 2.40. The molecule has 1 aromatic heterocycles. The van der Waals surface area contributed by atoms with Crippen molar-refractivity contribution in [3.8, 4) is 0 Å². The van der Waals surface area contributed by atoms with Crippen LogP contribution in [0.2, 0.25) is 0 Å². The number of aromatic nitrogens is 1. The molecule has 0 spiro atoms. The second kappa shape index (κ2) is 4.35. The van der Waals surface area contributed by atoms with E-state index in [1.165, 1.54) is 0 Å². The number of hydrogen-bond acceptors (Lipinski definition) is 4. The summed E-state index contributed by atoms with van der Waals surface area (Å²) < 4.78 is 5.32. The van der Waals surface area contributed by atoms with Crippen LogP contribution in [-0.4, -0.2) is 22.4 Å². The van der Waals surface area contributed by atoms with Gasteiger partial charge in [0.15, 0.2) is 12.0 Å². The van der Waals surface area contributed by atoms with Crippen molar-refractivity contribution in [3.63, 3.8) is 0 Å². The van der Waals surface area contributed by atoms with Crippen LogP contribution in [0.3, 0.4) is 0 Å². The fraction of sp³-hybridized carbons (Fsp3) is 0.538. The quantitative estimate of drug-likeness (QED) is 0.860. The number of nitrogens with zero attached hydrogens (tertiary/aromatic N) is 2. The van der Waals surface area contributed by atoms with Gasteiger partial charge in [0.25, 0.3) is 5.91 Å². The molecule has 1 aliphatic rings. The van der Waals surface area contributed by atoms with Gasteiger partial charge in [0.05, 0.1) is 0 Å². The van der Waals surface area contributed by atoms with E-state index in [1.54, 1.807) is 6.92 Å². The number of amides is 1. The van der Waals surface area contributed by atoms with Gasteiger partial charge in [-0.05, 0) is 13.8 Å². The fourth-order valence-corrected chi connectivity index (χ4v) is 2.34. The van der Waals surface area contributed by atoms with Gasteiger partial charge in [-0.15, -0.1) is 0 Å². The standard InChI is InChI=1S/C13H17ClN2O3/c1-6-8(14)12(18)16(11(6)17)10-7(2)9(19-15-10)13(3,4)5/h11,17H,1-5H3. The minimum atomic E-state index is -1.09. The highest BCUT2D eigenvalue weighted by Crippen LogP contribution is 2.36. The summed E-state index contributed by atoms with van der Waals surface area (Å²) in [6.45, 7) is 9.40. The molecule has 19 heavy (non-hydrogen) atoms. The van der Waals surface area contributed by atoms with Gasteiger partial charge in [-0.1, -0.05) is 37.5 Å². The van der Waals surface area contributed by atoms with Crippen molar-refractivity contribution in [1.82, 2.24) is 5.16 Å². The molecular formula is C13H17ClN2O3. The molecule has 0 saturated heterocycles. The minimum Gasteiger partial charge on any atom is -0.369 e. The molecule has 1 N–H and O–H groups in total. The average Bonchev–Trinajstić information content (AvgIpc) is 2.76. The fourth-order valence-electron chi connectivity index (χ4n) is 2.16. The Morgan fingerprint density at radius 2 is 1.95 bits per heavy atom. The molecule has 1 aromatic rings. The van der Waals surface area contributed by atoms with Gasteiger partial charge in [0.2, 0.25) is 0 Å². The Balaban J connectivity index is 2.46. The second-order valence-electron chi connectivity index (χ2n) is 5.76. The Kier molecular flexibility index (Phi) is 3.23. The number of carbonyl (C=O) groups is 1. The minimum absolute atomic E-state index is 0.0345. The summed E-state index contributed by atoms with van der Waals surface area (Å²) in [7, 11) is 0. The van der Waals surface area contributed by atoms with E-state index in [1.807, 2.05) is 27.7 Å². The first kappa shape index (κ1) is 14.1. The van der Waals surface area contributed by atoms with Gasteiger partial charge in [0.1, 0.15) is 10.8 Å². The highest BCUT2D eigenvalue weighted by atomic mass is 35.5. The summed E-state index contributed by atoms with van der Waals surface area (Å²) in [4.78, 5) is 13.2. The summed E-state index contributed by atoms with van der Waals surface area (Å²) in [5, 5.41) is 14.0. The summed E-state index contributed by atoms with van der Waals surface area (Å²) in [5.41, 5.74) is 0.931. The molecule has 104 valence electrons. The smallest absolute Gasteiger partial charge is 0.273 e. The molecule has 1 unspecified atom stereocenters. The molecule has 0 aliphatic carbocycles. The summed E-state index contributed by atoms with van der Waals surface area (Å²) in [6.07, 6.45) is -1.09. The molecule has 0 saturated carbocycles. The highest BCUT2D eigenvalue weighted by molar-refractivity contribution is 6.45. The molecule has 1 atom stereocenters. The van der Waals surface area contributed by atoms with E-state index in [0.29, 0.717) is 17.2 Å². The number of aliphatic hydroxyl groups excluding tert-OH is 1. The summed E-state index contributed by atoms with van der Waals surface area (Å²) in [5.74, 6) is 0.545. The van der Waals surface area contributed by atoms with E-state index >= 15 is 0 Å². The number of hydrogen-bond donors (Lipinski definition) is 1. The first-order valence-corrected chi connectivity index (χ1v) is 6.38. The van der Waals surface area contributed by atoms with Crippen LogP contribution in [0.25, 0.3) is 0 Å². The second-order valence-corrected chi connectivity index (χ2v) is 6.13. The van der Waals surface area contributed by atoms with Crippen LogP contribution in [0, 0.1) is 6.92 Å². The van der Waals surface area contributed by atoms with Crippen LogP contribution in [0.15, 0.2) is 15.1 Å². The van der Waals surface area contributed by atoms with Crippen LogP contribution in [0.4, 0.5) is 5.82 Å². The zero-order valence-corrected chi connectivity index (χ0v) is 12.4. The largest absolute Gasteiger partial charge is 0.369 e. The van der Waals surface area contributed by atoms with E-state index in [4.69, 9.17) is 16.1 Å². The van der Waals surface area contributed by atoms with Crippen LogP contribution < -0.4 is 4.90 Å². The average molecular weight is 285 g/mol. The SMILES string of the molecule is CC1=C(Cl)C(=O)N(c2noc(C(C)(C)C)c2C)C1O. The Bertz CT molecular complexity index is 569. The summed E-state index contributed by atoms with van der Waals surface area (Å²) in [6, 6.07) is 0. The first-order chi connectivity index (χ1) is 8.66. The van der Waals surface area contributed by atoms with E-state index in [9.17, 15) is 9.90 Å². The zero-order chi connectivity index (χ0) is 14.5. The molecule has 0 radical (unpaired) electrons. The van der Waals surface area contributed by atoms with Crippen LogP contribution in [0.1, 0.15) is 39.0 Å². The lowest BCUT2D eigenvalue weighted by Crippen LogP contribution is -2.36. The van der Waals surface area contributed by atoms with Crippen LogP contribution >= 0.6 is 11.6 Å². The lowest BCUT2D eigenvalue weighted by atomic mass is 9.90. The third-order valence-corrected chi connectivity index (χ3v) is 3.65. The van der Waals surface area contributed by atoms with Gasteiger partial charge in [-0.2, -0.15) is 0 Å². The van der Waals surface area contributed by atoms with Crippen molar-refractivity contribution in [2.24, 2.45) is 0 Å². The van der Waals surface area contributed by atoms with Gasteiger partial charge >= 0.3 is 0 Å². The molecule has 5 nitrogen and oxygen atoms in total. The van der Waals surface area contributed by atoms with E-state index in [0.717, 1.165) is 10.5 Å². The molecular weight excluding hydrogens is 268 g/mol. The number of anilines is 1. The third-order valence-electron chi connectivity index (χ3n) is 3.19. The number of rotatable bonds is 1. The van der Waals surface area contributed by atoms with E-state index in [-0.39, 0.29) is 10.4 Å². The molecule has 2 rings (SSSR count). The summed E-state index contributed by atoms with van der Waals surface area (Å²) >= 11 is 5.87. The number of aliphatic hydroxyl groups is 1. The Morgan fingerprint density at radius 3 is 2.32 bits per heavy atom. The van der Waals surface area contributed by atoms with Crippen molar-refractivity contribution in [1.29, 1.82) is 0 Å². The number of halogens is 1. The van der Waals surface area contributed by atoms with Crippen molar-refractivity contribution < 1.29 is 14.4 Å². The molecule has 0 fully saturated rings. The van der Waals surface area contributed by atoms with Crippen LogP contribution in [0.5, 0.6) is 0 Å². The van der Waals surface area contributed by atoms with Gasteiger partial charge in [0, 0.05) is 16.6 Å². The number of carbonyl (C=O) groups excluding carboxylic acids is 1. The van der Waals surface area contributed by atoms with E-state index < -0.39 is 12.1 Å². The maximum atomic E-state index is 12.0. The lowest BCUT2D eigenvalue weighted by molar-refractivity contribution is -0.115. The maximum absolute atomic E-state index is 12.0. The van der Waals surface area contributed by atoms with Crippen LogP contribution in [-0.2, 0) is 10.2 Å². The third kappa shape index (κ3) is 2.07. The predicted molar refractivity (Wildman–Crippen MR) is 72.0 cm³/mol. The monoisotopic (exact) mass is 284 g/mol. The van der Waals surface area contributed by atoms with Gasteiger partial charge < -0.3 is 9.63 Å². The van der Waals surface area contributed by atoms with Crippen molar-refractivity contribution in [2.75, 3.05) is 4.90 Å². The molecule has 1 aliphatic heterocycles. The molecule has 1 amide bonds.